The maximum Gasteiger partial charge on any atom is 0.273 e. The van der Waals surface area contributed by atoms with Crippen molar-refractivity contribution < 1.29 is 13.6 Å². The maximum absolute atomic E-state index is 12.2. The molecule has 0 fully saturated rings. The Labute approximate surface area is 228 Å². The van der Waals surface area contributed by atoms with Gasteiger partial charge in [0.1, 0.15) is 16.7 Å². The van der Waals surface area contributed by atoms with Crippen molar-refractivity contribution in [3.8, 4) is 22.9 Å². The highest BCUT2D eigenvalue weighted by atomic mass is 16.4. The Balaban J connectivity index is 0.000000157. The summed E-state index contributed by atoms with van der Waals surface area (Å²) in [5.74, 6) is 0.978. The number of fused-ring (bicyclic) bond motifs is 2. The summed E-state index contributed by atoms with van der Waals surface area (Å²) in [7, 11) is 1.73. The second-order valence-electron chi connectivity index (χ2n) is 8.97. The average Bonchev–Trinajstić information content (AvgIpc) is 3.72. The summed E-state index contributed by atoms with van der Waals surface area (Å²) < 4.78 is 12.9. The highest BCUT2D eigenvalue weighted by molar-refractivity contribution is 6.03. The monoisotopic (exact) mass is 528 g/mol. The Morgan fingerprint density at radius 2 is 1.25 bits per heavy atom. The number of carbonyl (C=O) groups excluding carboxylic acids is 1. The Bertz CT molecular complexity index is 1850. The van der Waals surface area contributed by atoms with E-state index in [-0.39, 0.29) is 5.91 Å². The molecule has 0 spiro atoms. The van der Waals surface area contributed by atoms with E-state index in [1.54, 1.807) is 19.3 Å². The zero-order valence-electron chi connectivity index (χ0n) is 21.5. The molecular formula is C31H24N6O3. The van der Waals surface area contributed by atoms with Crippen LogP contribution < -0.4 is 11.1 Å². The van der Waals surface area contributed by atoms with E-state index in [1.807, 2.05) is 97.1 Å². The number of aryl methyl sites for hydroxylation is 1. The normalized spacial score (nSPS) is 10.8. The molecule has 0 aliphatic heterocycles. The van der Waals surface area contributed by atoms with Crippen molar-refractivity contribution in [2.45, 2.75) is 0 Å². The molecule has 0 aliphatic carbocycles. The van der Waals surface area contributed by atoms with Gasteiger partial charge in [-0.05, 0) is 78.9 Å². The number of aromatic nitrogens is 4. The first kappa shape index (κ1) is 24.6. The van der Waals surface area contributed by atoms with Crippen LogP contribution in [0.25, 0.3) is 45.1 Å². The van der Waals surface area contributed by atoms with Crippen LogP contribution in [0.15, 0.2) is 118 Å². The van der Waals surface area contributed by atoms with Gasteiger partial charge in [-0.2, -0.15) is 5.10 Å². The van der Waals surface area contributed by atoms with Crippen LogP contribution in [-0.4, -0.2) is 25.7 Å². The Morgan fingerprint density at radius 3 is 1.75 bits per heavy atom. The molecule has 3 N–H and O–H groups in total. The number of nitrogens with two attached hydrogens (primary N) is 1. The van der Waals surface area contributed by atoms with Gasteiger partial charge >= 0.3 is 0 Å². The van der Waals surface area contributed by atoms with Crippen molar-refractivity contribution in [1.82, 2.24) is 19.7 Å². The van der Waals surface area contributed by atoms with Crippen LogP contribution >= 0.6 is 0 Å². The molecule has 0 unspecified atom stereocenters. The Hall–Kier alpha value is -5.70. The standard InChI is InChI=1S/C18H14N4O2.C13H10N2O/c1-22-15(10-11-19-22)17(23)20-13-8-6-12(7-9-13)18-21-14-4-2-3-5-16(14)24-18;14-10-7-5-9(6-8-10)13-15-11-3-1-2-4-12(11)16-13/h2-11H,1H3,(H,20,23);1-8H,14H2. The van der Waals surface area contributed by atoms with Crippen molar-refractivity contribution >= 4 is 39.5 Å². The summed E-state index contributed by atoms with van der Waals surface area (Å²) in [6.07, 6.45) is 1.59. The van der Waals surface area contributed by atoms with Crippen LogP contribution in [0, 0.1) is 0 Å². The second kappa shape index (κ2) is 10.6. The second-order valence-corrected chi connectivity index (χ2v) is 8.97. The molecule has 7 aromatic rings. The fraction of sp³-hybridized carbons (Fsp3) is 0.0323. The molecule has 3 aromatic heterocycles. The fourth-order valence-corrected chi connectivity index (χ4v) is 4.10. The predicted molar refractivity (Wildman–Crippen MR) is 154 cm³/mol. The SMILES string of the molecule is Cn1nccc1C(=O)Nc1ccc(-c2nc3ccccc3o2)cc1.Nc1ccc(-c2nc3ccccc3o2)cc1. The van der Waals surface area contributed by atoms with Crippen molar-refractivity contribution in [2.75, 3.05) is 11.1 Å². The number of amides is 1. The molecule has 0 radical (unpaired) electrons. The van der Waals surface area contributed by atoms with Crippen LogP contribution in [0.4, 0.5) is 11.4 Å². The summed E-state index contributed by atoms with van der Waals surface area (Å²) in [6, 6.07) is 31.8. The number of carbonyl (C=O) groups is 1. The third kappa shape index (κ3) is 5.16. The topological polar surface area (TPSA) is 125 Å². The molecule has 3 heterocycles. The number of oxazole rings is 2. The number of hydrogen-bond donors (Lipinski definition) is 2. The lowest BCUT2D eigenvalue weighted by atomic mass is 10.2. The molecule has 9 nitrogen and oxygen atoms in total. The van der Waals surface area contributed by atoms with Gasteiger partial charge in [-0.3, -0.25) is 9.48 Å². The summed E-state index contributed by atoms with van der Waals surface area (Å²) in [4.78, 5) is 21.0. The lowest BCUT2D eigenvalue weighted by molar-refractivity contribution is 0.101. The van der Waals surface area contributed by atoms with Crippen LogP contribution in [0.3, 0.4) is 0 Å². The van der Waals surface area contributed by atoms with E-state index in [4.69, 9.17) is 14.6 Å². The van der Waals surface area contributed by atoms with E-state index in [0.717, 1.165) is 39.0 Å². The van der Waals surface area contributed by atoms with Crippen LogP contribution in [0.2, 0.25) is 0 Å². The van der Waals surface area contributed by atoms with Crippen LogP contribution in [0.1, 0.15) is 10.5 Å². The summed E-state index contributed by atoms with van der Waals surface area (Å²) >= 11 is 0. The van der Waals surface area contributed by atoms with Gasteiger partial charge < -0.3 is 19.9 Å². The Kier molecular flexibility index (Phi) is 6.51. The molecule has 0 bridgehead atoms. The van der Waals surface area contributed by atoms with Gasteiger partial charge in [0.2, 0.25) is 11.8 Å². The average molecular weight is 529 g/mol. The molecule has 4 aromatic carbocycles. The van der Waals surface area contributed by atoms with Crippen molar-refractivity contribution in [3.63, 3.8) is 0 Å². The van der Waals surface area contributed by atoms with E-state index >= 15 is 0 Å². The van der Waals surface area contributed by atoms with Gasteiger partial charge in [0.05, 0.1) is 0 Å². The molecule has 196 valence electrons. The van der Waals surface area contributed by atoms with Gasteiger partial charge in [-0.25, -0.2) is 9.97 Å². The minimum Gasteiger partial charge on any atom is -0.436 e. The lowest BCUT2D eigenvalue weighted by Crippen LogP contribution is -2.15. The largest absolute Gasteiger partial charge is 0.436 e. The van der Waals surface area contributed by atoms with E-state index < -0.39 is 0 Å². The van der Waals surface area contributed by atoms with Crippen molar-refractivity contribution in [3.05, 3.63) is 115 Å². The molecule has 0 atom stereocenters. The highest BCUT2D eigenvalue weighted by Crippen LogP contribution is 2.26. The third-order valence-electron chi connectivity index (χ3n) is 6.19. The summed E-state index contributed by atoms with van der Waals surface area (Å²) in [5.41, 5.74) is 12.6. The van der Waals surface area contributed by atoms with Gasteiger partial charge in [0.15, 0.2) is 11.2 Å². The number of rotatable bonds is 4. The molecule has 40 heavy (non-hydrogen) atoms. The van der Waals surface area contributed by atoms with Crippen LogP contribution in [0.5, 0.6) is 0 Å². The van der Waals surface area contributed by atoms with Gasteiger partial charge in [-0.15, -0.1) is 0 Å². The number of anilines is 2. The van der Waals surface area contributed by atoms with Gasteiger partial charge in [-0.1, -0.05) is 24.3 Å². The summed E-state index contributed by atoms with van der Waals surface area (Å²) in [5, 5.41) is 6.83. The molecule has 1 amide bonds. The third-order valence-corrected chi connectivity index (χ3v) is 6.19. The number of para-hydroxylation sites is 4. The lowest BCUT2D eigenvalue weighted by Gasteiger charge is -2.05. The first-order valence-electron chi connectivity index (χ1n) is 12.5. The predicted octanol–water partition coefficient (Wildman–Crippen LogP) is 6.56. The quantitative estimate of drug-likeness (QED) is 0.248. The van der Waals surface area contributed by atoms with Gasteiger partial charge in [0, 0.05) is 35.7 Å². The molecule has 0 aliphatic rings. The number of benzene rings is 4. The van der Waals surface area contributed by atoms with E-state index in [9.17, 15) is 4.79 Å². The molecule has 9 heteroatoms. The number of nitrogen functional groups attached to an aromatic ring is 1. The maximum atomic E-state index is 12.2. The first-order valence-corrected chi connectivity index (χ1v) is 12.5. The molecule has 0 saturated heterocycles. The van der Waals surface area contributed by atoms with Crippen molar-refractivity contribution in [1.29, 1.82) is 0 Å². The number of nitrogens with one attached hydrogen (secondary N) is 1. The first-order chi connectivity index (χ1) is 19.5. The molecule has 7 rings (SSSR count). The summed E-state index contributed by atoms with van der Waals surface area (Å²) in [6.45, 7) is 0. The van der Waals surface area contributed by atoms with E-state index in [0.29, 0.717) is 23.2 Å². The van der Waals surface area contributed by atoms with E-state index in [2.05, 4.69) is 20.4 Å². The van der Waals surface area contributed by atoms with Crippen LogP contribution in [-0.2, 0) is 7.05 Å². The highest BCUT2D eigenvalue weighted by Gasteiger charge is 2.11. The minimum atomic E-state index is -0.204. The number of nitrogens with zero attached hydrogens (tertiary/aromatic N) is 4. The molecule has 0 saturated carbocycles. The van der Waals surface area contributed by atoms with Gasteiger partial charge in [0.25, 0.3) is 5.91 Å². The van der Waals surface area contributed by atoms with E-state index in [1.165, 1.54) is 4.68 Å². The minimum absolute atomic E-state index is 0.204. The fourth-order valence-electron chi connectivity index (χ4n) is 4.10. The Morgan fingerprint density at radius 1 is 0.725 bits per heavy atom. The zero-order chi connectivity index (χ0) is 27.5. The zero-order valence-corrected chi connectivity index (χ0v) is 21.5. The number of hydrogen-bond acceptors (Lipinski definition) is 7. The van der Waals surface area contributed by atoms with Crippen molar-refractivity contribution in [2.24, 2.45) is 7.05 Å². The smallest absolute Gasteiger partial charge is 0.273 e. The molecular weight excluding hydrogens is 504 g/mol.